The molecule has 0 atom stereocenters. The van der Waals surface area contributed by atoms with Crippen LogP contribution < -0.4 is 15.0 Å². The van der Waals surface area contributed by atoms with Gasteiger partial charge in [-0.1, -0.05) is 12.1 Å². The molecule has 0 bridgehead atoms. The summed E-state index contributed by atoms with van der Waals surface area (Å²) in [6.45, 7) is 6.32. The molecule has 2 aliphatic rings. The third-order valence-electron chi connectivity index (χ3n) is 5.42. The Morgan fingerprint density at radius 3 is 2.75 bits per heavy atom. The number of nitrogens with one attached hydrogen (secondary N) is 1. The number of anilines is 2. The number of methoxy groups -OCH3 is 1. The number of nitrogens with zero attached hydrogens (tertiary/aromatic N) is 4. The largest absolute Gasteiger partial charge is 0.497 e. The van der Waals surface area contributed by atoms with E-state index in [9.17, 15) is 0 Å². The number of hydrogen-bond acceptors (Lipinski definition) is 7. The number of ether oxygens (including phenoxy) is 2. The Labute approximate surface area is 166 Å². The summed E-state index contributed by atoms with van der Waals surface area (Å²) < 4.78 is 10.7. The standard InChI is InChI=1S/C21H29N5O2/c1-27-19-4-2-3-17(15-19)16-25-9-6-18(7-10-25)23-20-5-8-22-21(24-20)26-11-13-28-14-12-26/h2-5,8,15,18H,6-7,9-14,16H2,1H3,(H,22,23,24). The summed E-state index contributed by atoms with van der Waals surface area (Å²) in [5.74, 6) is 2.64. The first-order valence-electron chi connectivity index (χ1n) is 10.1. The molecule has 1 N–H and O–H groups in total. The highest BCUT2D eigenvalue weighted by atomic mass is 16.5. The van der Waals surface area contributed by atoms with Gasteiger partial charge in [-0.2, -0.15) is 4.98 Å². The summed E-state index contributed by atoms with van der Waals surface area (Å²) >= 11 is 0. The number of benzene rings is 1. The van der Waals surface area contributed by atoms with Crippen LogP contribution in [0.2, 0.25) is 0 Å². The van der Waals surface area contributed by atoms with E-state index in [4.69, 9.17) is 14.5 Å². The van der Waals surface area contributed by atoms with Crippen molar-refractivity contribution in [3.63, 3.8) is 0 Å². The fraction of sp³-hybridized carbons (Fsp3) is 0.524. The van der Waals surface area contributed by atoms with Crippen molar-refractivity contribution < 1.29 is 9.47 Å². The number of aromatic nitrogens is 2. The molecule has 2 aromatic rings. The van der Waals surface area contributed by atoms with Crippen LogP contribution in [-0.2, 0) is 11.3 Å². The monoisotopic (exact) mass is 383 g/mol. The van der Waals surface area contributed by atoms with E-state index in [2.05, 4.69) is 38.3 Å². The van der Waals surface area contributed by atoms with Gasteiger partial charge >= 0.3 is 0 Å². The Morgan fingerprint density at radius 2 is 1.96 bits per heavy atom. The molecular weight excluding hydrogens is 354 g/mol. The highest BCUT2D eigenvalue weighted by Crippen LogP contribution is 2.20. The van der Waals surface area contributed by atoms with Crippen LogP contribution in [0.15, 0.2) is 36.5 Å². The topological polar surface area (TPSA) is 62.8 Å². The minimum absolute atomic E-state index is 0.453. The lowest BCUT2D eigenvalue weighted by Crippen LogP contribution is -2.39. The first kappa shape index (κ1) is 19.0. The summed E-state index contributed by atoms with van der Waals surface area (Å²) in [6, 6.07) is 10.8. The fourth-order valence-corrected chi connectivity index (χ4v) is 3.82. The minimum atomic E-state index is 0.453. The van der Waals surface area contributed by atoms with Crippen molar-refractivity contribution in [2.45, 2.75) is 25.4 Å². The van der Waals surface area contributed by atoms with Gasteiger partial charge in [0.15, 0.2) is 0 Å². The molecule has 28 heavy (non-hydrogen) atoms. The summed E-state index contributed by atoms with van der Waals surface area (Å²) in [5, 5.41) is 3.61. The van der Waals surface area contributed by atoms with Crippen LogP contribution >= 0.6 is 0 Å². The van der Waals surface area contributed by atoms with Gasteiger partial charge in [0.25, 0.3) is 0 Å². The third kappa shape index (κ3) is 4.91. The van der Waals surface area contributed by atoms with Crippen molar-refractivity contribution in [2.24, 2.45) is 0 Å². The molecule has 4 rings (SSSR count). The number of hydrogen-bond donors (Lipinski definition) is 1. The Kier molecular flexibility index (Phi) is 6.24. The van der Waals surface area contributed by atoms with Crippen molar-refractivity contribution in [3.8, 4) is 5.75 Å². The summed E-state index contributed by atoms with van der Waals surface area (Å²) in [4.78, 5) is 13.8. The zero-order chi connectivity index (χ0) is 19.2. The average Bonchev–Trinajstić information content (AvgIpc) is 2.76. The van der Waals surface area contributed by atoms with E-state index in [0.717, 1.165) is 76.3 Å². The van der Waals surface area contributed by atoms with Crippen LogP contribution in [0.1, 0.15) is 18.4 Å². The lowest BCUT2D eigenvalue weighted by atomic mass is 10.0. The first-order valence-corrected chi connectivity index (χ1v) is 10.1. The molecule has 0 unspecified atom stereocenters. The van der Waals surface area contributed by atoms with Gasteiger partial charge in [0.1, 0.15) is 11.6 Å². The van der Waals surface area contributed by atoms with Crippen LogP contribution in [0, 0.1) is 0 Å². The van der Waals surface area contributed by atoms with Gasteiger partial charge in [-0.25, -0.2) is 4.98 Å². The normalized spacial score (nSPS) is 18.8. The molecule has 0 radical (unpaired) electrons. The van der Waals surface area contributed by atoms with Gasteiger partial charge in [0.2, 0.25) is 5.95 Å². The van der Waals surface area contributed by atoms with Crippen molar-refractivity contribution in [2.75, 3.05) is 56.7 Å². The zero-order valence-electron chi connectivity index (χ0n) is 16.5. The molecule has 7 heteroatoms. The van der Waals surface area contributed by atoms with Crippen LogP contribution in [0.25, 0.3) is 0 Å². The second kappa shape index (κ2) is 9.21. The predicted molar refractivity (Wildman–Crippen MR) is 110 cm³/mol. The van der Waals surface area contributed by atoms with E-state index in [1.807, 2.05) is 18.3 Å². The van der Waals surface area contributed by atoms with Gasteiger partial charge in [0, 0.05) is 45.0 Å². The van der Waals surface area contributed by atoms with Gasteiger partial charge in [-0.3, -0.25) is 4.90 Å². The lowest BCUT2D eigenvalue weighted by Gasteiger charge is -2.33. The Balaban J connectivity index is 1.28. The van der Waals surface area contributed by atoms with Crippen molar-refractivity contribution in [1.82, 2.24) is 14.9 Å². The molecule has 150 valence electrons. The first-order chi connectivity index (χ1) is 13.8. The average molecular weight is 383 g/mol. The quantitative estimate of drug-likeness (QED) is 0.822. The number of piperidine rings is 1. The zero-order valence-corrected chi connectivity index (χ0v) is 16.5. The van der Waals surface area contributed by atoms with Crippen molar-refractivity contribution >= 4 is 11.8 Å². The van der Waals surface area contributed by atoms with Crippen molar-refractivity contribution in [1.29, 1.82) is 0 Å². The summed E-state index contributed by atoms with van der Waals surface area (Å²) in [5.41, 5.74) is 1.30. The van der Waals surface area contributed by atoms with E-state index in [1.54, 1.807) is 7.11 Å². The summed E-state index contributed by atoms with van der Waals surface area (Å²) in [6.07, 6.45) is 4.07. The second-order valence-corrected chi connectivity index (χ2v) is 7.39. The van der Waals surface area contributed by atoms with E-state index in [1.165, 1.54) is 5.56 Å². The molecule has 1 aromatic heterocycles. The van der Waals surface area contributed by atoms with Gasteiger partial charge in [-0.15, -0.1) is 0 Å². The highest BCUT2D eigenvalue weighted by molar-refractivity contribution is 5.42. The van der Waals surface area contributed by atoms with E-state index < -0.39 is 0 Å². The maximum Gasteiger partial charge on any atom is 0.227 e. The van der Waals surface area contributed by atoms with Gasteiger partial charge in [0.05, 0.1) is 20.3 Å². The second-order valence-electron chi connectivity index (χ2n) is 7.39. The SMILES string of the molecule is COc1cccc(CN2CCC(Nc3ccnc(N4CCOCC4)n3)CC2)c1. The number of likely N-dealkylation sites (tertiary alicyclic amines) is 1. The summed E-state index contributed by atoms with van der Waals surface area (Å²) in [7, 11) is 1.72. The molecule has 0 saturated carbocycles. The Morgan fingerprint density at radius 1 is 1.14 bits per heavy atom. The van der Waals surface area contributed by atoms with Crippen LogP contribution in [-0.4, -0.2) is 67.4 Å². The molecule has 0 aliphatic carbocycles. The molecule has 1 aromatic carbocycles. The van der Waals surface area contributed by atoms with Crippen molar-refractivity contribution in [3.05, 3.63) is 42.1 Å². The Bertz CT molecular complexity index is 758. The van der Waals surface area contributed by atoms with E-state index >= 15 is 0 Å². The van der Waals surface area contributed by atoms with E-state index in [0.29, 0.717) is 6.04 Å². The van der Waals surface area contributed by atoms with Crippen LogP contribution in [0.4, 0.5) is 11.8 Å². The fourth-order valence-electron chi connectivity index (χ4n) is 3.82. The number of morpholine rings is 1. The molecule has 3 heterocycles. The molecule has 2 aliphatic heterocycles. The molecule has 0 amide bonds. The van der Waals surface area contributed by atoms with Crippen LogP contribution in [0.3, 0.4) is 0 Å². The highest BCUT2D eigenvalue weighted by Gasteiger charge is 2.20. The van der Waals surface area contributed by atoms with Gasteiger partial charge in [-0.05, 0) is 36.6 Å². The lowest BCUT2D eigenvalue weighted by molar-refractivity contribution is 0.122. The maximum atomic E-state index is 5.41. The molecule has 7 nitrogen and oxygen atoms in total. The smallest absolute Gasteiger partial charge is 0.227 e. The molecular formula is C21H29N5O2. The minimum Gasteiger partial charge on any atom is -0.497 e. The predicted octanol–water partition coefficient (Wildman–Crippen LogP) is 2.40. The van der Waals surface area contributed by atoms with E-state index in [-0.39, 0.29) is 0 Å². The number of rotatable bonds is 6. The molecule has 0 spiro atoms. The third-order valence-corrected chi connectivity index (χ3v) is 5.42. The molecule has 2 saturated heterocycles. The van der Waals surface area contributed by atoms with Gasteiger partial charge < -0.3 is 19.7 Å². The maximum absolute atomic E-state index is 5.41. The Hall–Kier alpha value is -2.38. The molecule has 2 fully saturated rings. The van der Waals surface area contributed by atoms with Crippen LogP contribution in [0.5, 0.6) is 5.75 Å².